The van der Waals surface area contributed by atoms with E-state index in [1.54, 1.807) is 13.2 Å². The van der Waals surface area contributed by atoms with Gasteiger partial charge in [-0.2, -0.15) is 0 Å². The monoisotopic (exact) mass is 303 g/mol. The standard InChI is InChI=1S/C13H19BrFNO/c1-9-7-11(15)10(14)8-12(9)16-6-5-13(2,3)17-4/h7-8,16H,5-6H2,1-4H3. The highest BCUT2D eigenvalue weighted by molar-refractivity contribution is 9.10. The van der Waals surface area contributed by atoms with Gasteiger partial charge in [-0.05, 0) is 60.8 Å². The largest absolute Gasteiger partial charge is 0.385 e. The van der Waals surface area contributed by atoms with Crippen molar-refractivity contribution in [3.63, 3.8) is 0 Å². The van der Waals surface area contributed by atoms with Crippen molar-refractivity contribution in [1.29, 1.82) is 0 Å². The van der Waals surface area contributed by atoms with Crippen molar-refractivity contribution in [2.45, 2.75) is 32.8 Å². The zero-order valence-corrected chi connectivity index (χ0v) is 12.3. The van der Waals surface area contributed by atoms with Gasteiger partial charge in [0, 0.05) is 19.3 Å². The van der Waals surface area contributed by atoms with Crippen LogP contribution >= 0.6 is 15.9 Å². The van der Waals surface area contributed by atoms with Crippen LogP contribution in [0.25, 0.3) is 0 Å². The molecule has 0 radical (unpaired) electrons. The number of rotatable bonds is 5. The van der Waals surface area contributed by atoms with Gasteiger partial charge in [-0.3, -0.25) is 0 Å². The number of hydrogen-bond acceptors (Lipinski definition) is 2. The molecule has 0 aromatic heterocycles. The Hall–Kier alpha value is -0.610. The summed E-state index contributed by atoms with van der Waals surface area (Å²) in [5.41, 5.74) is 1.71. The van der Waals surface area contributed by atoms with E-state index in [2.05, 4.69) is 21.2 Å². The molecule has 0 heterocycles. The van der Waals surface area contributed by atoms with Crippen molar-refractivity contribution in [2.24, 2.45) is 0 Å². The van der Waals surface area contributed by atoms with Crippen LogP contribution in [0.4, 0.5) is 10.1 Å². The molecule has 4 heteroatoms. The van der Waals surface area contributed by atoms with Gasteiger partial charge in [0.15, 0.2) is 0 Å². The summed E-state index contributed by atoms with van der Waals surface area (Å²) in [7, 11) is 1.71. The minimum atomic E-state index is -0.231. The molecular weight excluding hydrogens is 285 g/mol. The fraction of sp³-hybridized carbons (Fsp3) is 0.538. The van der Waals surface area contributed by atoms with E-state index in [4.69, 9.17) is 4.74 Å². The Kier molecular flexibility index (Phi) is 4.95. The molecule has 0 spiro atoms. The summed E-state index contributed by atoms with van der Waals surface area (Å²) >= 11 is 3.19. The van der Waals surface area contributed by atoms with Gasteiger partial charge in [-0.25, -0.2) is 4.39 Å². The first-order chi connectivity index (χ1) is 7.85. The molecule has 1 aromatic carbocycles. The molecule has 0 aliphatic carbocycles. The number of aryl methyl sites for hydroxylation is 1. The van der Waals surface area contributed by atoms with E-state index in [9.17, 15) is 4.39 Å². The SMILES string of the molecule is COC(C)(C)CCNc1cc(Br)c(F)cc1C. The minimum Gasteiger partial charge on any atom is -0.385 e. The molecule has 0 fully saturated rings. The van der Waals surface area contributed by atoms with Crippen LogP contribution in [-0.4, -0.2) is 19.3 Å². The lowest BCUT2D eigenvalue weighted by molar-refractivity contribution is 0.0185. The smallest absolute Gasteiger partial charge is 0.137 e. The van der Waals surface area contributed by atoms with Crippen molar-refractivity contribution in [3.05, 3.63) is 28.0 Å². The molecule has 0 atom stereocenters. The Morgan fingerprint density at radius 1 is 1.41 bits per heavy atom. The maximum Gasteiger partial charge on any atom is 0.137 e. The van der Waals surface area contributed by atoms with Crippen LogP contribution in [0.3, 0.4) is 0 Å². The summed E-state index contributed by atoms with van der Waals surface area (Å²) in [5.74, 6) is -0.231. The zero-order valence-electron chi connectivity index (χ0n) is 10.7. The van der Waals surface area contributed by atoms with E-state index in [1.165, 1.54) is 6.07 Å². The second-order valence-electron chi connectivity index (χ2n) is 4.72. The van der Waals surface area contributed by atoms with Crippen LogP contribution in [0, 0.1) is 12.7 Å². The maximum atomic E-state index is 13.2. The lowest BCUT2D eigenvalue weighted by Crippen LogP contribution is -2.25. The van der Waals surface area contributed by atoms with E-state index in [1.807, 2.05) is 20.8 Å². The summed E-state index contributed by atoms with van der Waals surface area (Å²) < 4.78 is 19.1. The molecule has 0 saturated carbocycles. The van der Waals surface area contributed by atoms with Gasteiger partial charge >= 0.3 is 0 Å². The Morgan fingerprint density at radius 2 is 2.06 bits per heavy atom. The molecule has 2 nitrogen and oxygen atoms in total. The van der Waals surface area contributed by atoms with Crippen molar-refractivity contribution >= 4 is 21.6 Å². The molecule has 0 aliphatic rings. The van der Waals surface area contributed by atoms with Crippen LogP contribution in [0.15, 0.2) is 16.6 Å². The fourth-order valence-corrected chi connectivity index (χ4v) is 1.78. The second kappa shape index (κ2) is 5.83. The van der Waals surface area contributed by atoms with Gasteiger partial charge in [0.25, 0.3) is 0 Å². The number of anilines is 1. The third-order valence-corrected chi connectivity index (χ3v) is 3.47. The zero-order chi connectivity index (χ0) is 13.1. The number of methoxy groups -OCH3 is 1. The lowest BCUT2D eigenvalue weighted by Gasteiger charge is -2.23. The highest BCUT2D eigenvalue weighted by atomic mass is 79.9. The maximum absolute atomic E-state index is 13.2. The molecule has 0 saturated heterocycles. The van der Waals surface area contributed by atoms with Crippen LogP contribution in [0.1, 0.15) is 25.8 Å². The van der Waals surface area contributed by atoms with E-state index in [0.29, 0.717) is 4.47 Å². The predicted octanol–water partition coefficient (Wildman–Crippen LogP) is 4.12. The van der Waals surface area contributed by atoms with Gasteiger partial charge in [-0.15, -0.1) is 0 Å². The van der Waals surface area contributed by atoms with E-state index in [0.717, 1.165) is 24.2 Å². The molecule has 0 aliphatic heterocycles. The molecule has 1 N–H and O–H groups in total. The molecule has 1 rings (SSSR count). The summed E-state index contributed by atoms with van der Waals surface area (Å²) in [5, 5.41) is 3.29. The molecular formula is C13H19BrFNO. The van der Waals surface area contributed by atoms with E-state index in [-0.39, 0.29) is 11.4 Å². The van der Waals surface area contributed by atoms with Crippen LogP contribution in [0.5, 0.6) is 0 Å². The highest BCUT2D eigenvalue weighted by Crippen LogP contribution is 2.24. The number of hydrogen-bond donors (Lipinski definition) is 1. The van der Waals surface area contributed by atoms with Crippen molar-refractivity contribution < 1.29 is 9.13 Å². The van der Waals surface area contributed by atoms with Gasteiger partial charge in [0.2, 0.25) is 0 Å². The average molecular weight is 304 g/mol. The minimum absolute atomic E-state index is 0.141. The summed E-state index contributed by atoms with van der Waals surface area (Å²) in [4.78, 5) is 0. The average Bonchev–Trinajstić information content (AvgIpc) is 2.25. The summed E-state index contributed by atoms with van der Waals surface area (Å²) in [6.45, 7) is 6.77. The first-order valence-electron chi connectivity index (χ1n) is 5.60. The topological polar surface area (TPSA) is 21.3 Å². The van der Waals surface area contributed by atoms with Crippen LogP contribution < -0.4 is 5.32 Å². The first kappa shape index (κ1) is 14.5. The number of nitrogens with one attached hydrogen (secondary N) is 1. The van der Waals surface area contributed by atoms with Crippen molar-refractivity contribution in [1.82, 2.24) is 0 Å². The van der Waals surface area contributed by atoms with E-state index >= 15 is 0 Å². The number of halogens is 2. The summed E-state index contributed by atoms with van der Waals surface area (Å²) in [6.07, 6.45) is 0.887. The molecule has 1 aromatic rings. The first-order valence-corrected chi connectivity index (χ1v) is 6.40. The molecule has 96 valence electrons. The third-order valence-electron chi connectivity index (χ3n) is 2.86. The molecule has 17 heavy (non-hydrogen) atoms. The third kappa shape index (κ3) is 4.28. The Balaban J connectivity index is 2.61. The molecule has 0 unspecified atom stereocenters. The highest BCUT2D eigenvalue weighted by Gasteiger charge is 2.15. The summed E-state index contributed by atoms with van der Waals surface area (Å²) in [6, 6.07) is 3.29. The molecule has 0 amide bonds. The van der Waals surface area contributed by atoms with E-state index < -0.39 is 0 Å². The normalized spacial score (nSPS) is 11.6. The predicted molar refractivity (Wildman–Crippen MR) is 73.0 cm³/mol. The molecule has 0 bridgehead atoms. The van der Waals surface area contributed by atoms with Gasteiger partial charge in [0.1, 0.15) is 5.82 Å². The quantitative estimate of drug-likeness (QED) is 0.883. The van der Waals surface area contributed by atoms with Gasteiger partial charge in [0.05, 0.1) is 10.1 Å². The van der Waals surface area contributed by atoms with Crippen LogP contribution in [0.2, 0.25) is 0 Å². The second-order valence-corrected chi connectivity index (χ2v) is 5.58. The number of benzene rings is 1. The fourth-order valence-electron chi connectivity index (χ4n) is 1.44. The van der Waals surface area contributed by atoms with Crippen molar-refractivity contribution in [2.75, 3.05) is 19.0 Å². The Bertz CT molecular complexity index is 393. The van der Waals surface area contributed by atoms with Crippen molar-refractivity contribution in [3.8, 4) is 0 Å². The Labute approximate surface area is 111 Å². The Morgan fingerprint density at radius 3 is 2.65 bits per heavy atom. The van der Waals surface area contributed by atoms with Gasteiger partial charge < -0.3 is 10.1 Å². The number of ether oxygens (including phenoxy) is 1. The lowest BCUT2D eigenvalue weighted by atomic mass is 10.1. The van der Waals surface area contributed by atoms with Gasteiger partial charge in [-0.1, -0.05) is 0 Å². The van der Waals surface area contributed by atoms with Crippen LogP contribution in [-0.2, 0) is 4.74 Å².